The number of rotatable bonds is 4. The summed E-state index contributed by atoms with van der Waals surface area (Å²) >= 11 is 1.45. The molecule has 0 saturated carbocycles. The van der Waals surface area contributed by atoms with Crippen LogP contribution in [0.25, 0.3) is 0 Å². The maximum Gasteiger partial charge on any atom is 0.264 e. The predicted molar refractivity (Wildman–Crippen MR) is 97.7 cm³/mol. The minimum Gasteiger partial charge on any atom is -0.443 e. The molecule has 1 aromatic carbocycles. The normalized spacial score (nSPS) is 17.4. The molecular formula is C20H19FN2O2S. The molecule has 4 nitrogen and oxygen atoms in total. The Morgan fingerprint density at radius 2 is 2.15 bits per heavy atom. The Kier molecular flexibility index (Phi) is 4.84. The number of carbonyl (C=O) groups is 1. The summed E-state index contributed by atoms with van der Waals surface area (Å²) in [5.74, 6) is 0.927. The number of hydrogen-bond acceptors (Lipinski definition) is 4. The van der Waals surface area contributed by atoms with Crippen LogP contribution in [0.5, 0.6) is 0 Å². The number of benzene rings is 1. The molecule has 3 aromatic rings. The molecule has 1 saturated heterocycles. The van der Waals surface area contributed by atoms with Crippen molar-refractivity contribution in [3.05, 3.63) is 75.9 Å². The maximum absolute atomic E-state index is 13.8. The number of piperidine rings is 1. The summed E-state index contributed by atoms with van der Waals surface area (Å²) in [6.07, 6.45) is 4.84. The van der Waals surface area contributed by atoms with Crippen LogP contribution in [-0.4, -0.2) is 22.3 Å². The van der Waals surface area contributed by atoms with Crippen molar-refractivity contribution in [3.63, 3.8) is 0 Å². The van der Waals surface area contributed by atoms with Crippen molar-refractivity contribution in [2.75, 3.05) is 6.54 Å². The summed E-state index contributed by atoms with van der Waals surface area (Å²) < 4.78 is 19.8. The number of aromatic nitrogens is 1. The van der Waals surface area contributed by atoms with Gasteiger partial charge in [-0.2, -0.15) is 0 Å². The highest BCUT2D eigenvalue weighted by Gasteiger charge is 2.32. The third-order valence-electron chi connectivity index (χ3n) is 4.67. The quantitative estimate of drug-likeness (QED) is 0.661. The SMILES string of the molecule is O=C(c1cccs1)N1CCCC[C@H]1c1ncc(Cc2ccccc2F)o1. The number of amides is 1. The zero-order valence-corrected chi connectivity index (χ0v) is 15.0. The van der Waals surface area contributed by atoms with Crippen molar-refractivity contribution >= 4 is 17.2 Å². The van der Waals surface area contributed by atoms with Gasteiger partial charge in [-0.1, -0.05) is 24.3 Å². The summed E-state index contributed by atoms with van der Waals surface area (Å²) in [5, 5.41) is 1.91. The van der Waals surface area contributed by atoms with Crippen LogP contribution in [0.4, 0.5) is 4.39 Å². The van der Waals surface area contributed by atoms with Gasteiger partial charge in [0.15, 0.2) is 0 Å². The average molecular weight is 370 g/mol. The molecule has 1 aliphatic heterocycles. The highest BCUT2D eigenvalue weighted by molar-refractivity contribution is 7.12. The summed E-state index contributed by atoms with van der Waals surface area (Å²) in [6.45, 7) is 0.701. The van der Waals surface area contributed by atoms with Crippen molar-refractivity contribution in [3.8, 4) is 0 Å². The Labute approximate surface area is 155 Å². The van der Waals surface area contributed by atoms with E-state index in [0.717, 1.165) is 24.1 Å². The van der Waals surface area contributed by atoms with Gasteiger partial charge < -0.3 is 9.32 Å². The van der Waals surface area contributed by atoms with Gasteiger partial charge in [0.2, 0.25) is 5.89 Å². The Bertz CT molecular complexity index is 891. The topological polar surface area (TPSA) is 46.3 Å². The number of carbonyl (C=O) groups excluding carboxylic acids is 1. The largest absolute Gasteiger partial charge is 0.443 e. The van der Waals surface area contributed by atoms with Gasteiger partial charge in [0.1, 0.15) is 17.6 Å². The summed E-state index contributed by atoms with van der Waals surface area (Å²) in [6, 6.07) is 10.2. The Morgan fingerprint density at radius 1 is 1.27 bits per heavy atom. The molecule has 6 heteroatoms. The van der Waals surface area contributed by atoms with Gasteiger partial charge in [-0.15, -0.1) is 11.3 Å². The second-order valence-corrected chi connectivity index (χ2v) is 7.37. The van der Waals surface area contributed by atoms with Crippen LogP contribution in [0.3, 0.4) is 0 Å². The van der Waals surface area contributed by atoms with Gasteiger partial charge in [0, 0.05) is 13.0 Å². The first-order chi connectivity index (χ1) is 12.7. The number of nitrogens with zero attached hydrogens (tertiary/aromatic N) is 2. The maximum atomic E-state index is 13.8. The Hall–Kier alpha value is -2.47. The van der Waals surface area contributed by atoms with Crippen molar-refractivity contribution in [2.24, 2.45) is 0 Å². The van der Waals surface area contributed by atoms with Gasteiger partial charge in [-0.05, 0) is 42.3 Å². The minimum atomic E-state index is -0.252. The van der Waals surface area contributed by atoms with Crippen LogP contribution in [0, 0.1) is 5.82 Å². The number of hydrogen-bond donors (Lipinski definition) is 0. The van der Waals surface area contributed by atoms with E-state index in [2.05, 4.69) is 4.98 Å². The fourth-order valence-corrected chi connectivity index (χ4v) is 4.04. The molecule has 4 rings (SSSR count). The molecular weight excluding hydrogens is 351 g/mol. The summed E-state index contributed by atoms with van der Waals surface area (Å²) in [4.78, 5) is 19.8. The van der Waals surface area contributed by atoms with Crippen molar-refractivity contribution in [2.45, 2.75) is 31.7 Å². The number of likely N-dealkylation sites (tertiary alicyclic amines) is 1. The Morgan fingerprint density at radius 3 is 2.96 bits per heavy atom. The second-order valence-electron chi connectivity index (χ2n) is 6.42. The number of oxazole rings is 1. The first kappa shape index (κ1) is 17.0. The Balaban J connectivity index is 1.55. The van der Waals surface area contributed by atoms with E-state index < -0.39 is 0 Å². The van der Waals surface area contributed by atoms with Gasteiger partial charge in [-0.3, -0.25) is 4.79 Å². The van der Waals surface area contributed by atoms with E-state index in [-0.39, 0.29) is 17.8 Å². The lowest BCUT2D eigenvalue weighted by molar-refractivity contribution is 0.0575. The molecule has 134 valence electrons. The molecule has 0 unspecified atom stereocenters. The van der Waals surface area contributed by atoms with Crippen LogP contribution in [0.2, 0.25) is 0 Å². The fourth-order valence-electron chi connectivity index (χ4n) is 3.36. The molecule has 1 atom stereocenters. The van der Waals surface area contributed by atoms with Gasteiger partial charge in [-0.25, -0.2) is 9.37 Å². The molecule has 3 heterocycles. The monoisotopic (exact) mass is 370 g/mol. The zero-order valence-electron chi connectivity index (χ0n) is 14.2. The number of halogens is 1. The lowest BCUT2D eigenvalue weighted by Crippen LogP contribution is -2.38. The van der Waals surface area contributed by atoms with Crippen LogP contribution in [0.1, 0.15) is 52.2 Å². The first-order valence-electron chi connectivity index (χ1n) is 8.75. The molecule has 0 aliphatic carbocycles. The van der Waals surface area contributed by atoms with Crippen molar-refractivity contribution in [1.82, 2.24) is 9.88 Å². The van der Waals surface area contributed by atoms with E-state index in [1.807, 2.05) is 22.4 Å². The molecule has 1 aliphatic rings. The first-order valence-corrected chi connectivity index (χ1v) is 9.63. The average Bonchev–Trinajstić information content (AvgIpc) is 3.35. The number of thiophene rings is 1. The lowest BCUT2D eigenvalue weighted by Gasteiger charge is -2.33. The van der Waals surface area contributed by atoms with Gasteiger partial charge in [0.05, 0.1) is 11.1 Å². The second kappa shape index (κ2) is 7.41. The molecule has 0 N–H and O–H groups in total. The molecule has 0 bridgehead atoms. The van der Waals surface area contributed by atoms with Gasteiger partial charge >= 0.3 is 0 Å². The van der Waals surface area contributed by atoms with Crippen molar-refractivity contribution in [1.29, 1.82) is 0 Å². The molecule has 0 spiro atoms. The third-order valence-corrected chi connectivity index (χ3v) is 5.53. The van der Waals surface area contributed by atoms with E-state index in [0.29, 0.717) is 30.2 Å². The third kappa shape index (κ3) is 3.42. The van der Waals surface area contributed by atoms with Gasteiger partial charge in [0.25, 0.3) is 5.91 Å². The van der Waals surface area contributed by atoms with Crippen LogP contribution in [0.15, 0.2) is 52.4 Å². The smallest absolute Gasteiger partial charge is 0.264 e. The fraction of sp³-hybridized carbons (Fsp3) is 0.300. The highest BCUT2D eigenvalue weighted by atomic mass is 32.1. The summed E-state index contributed by atoms with van der Waals surface area (Å²) in [7, 11) is 0. The molecule has 0 radical (unpaired) electrons. The highest BCUT2D eigenvalue weighted by Crippen LogP contribution is 2.32. The summed E-state index contributed by atoms with van der Waals surface area (Å²) in [5.41, 5.74) is 0.574. The molecule has 2 aromatic heterocycles. The van der Waals surface area contributed by atoms with Crippen LogP contribution < -0.4 is 0 Å². The van der Waals surface area contributed by atoms with E-state index in [1.54, 1.807) is 24.4 Å². The van der Waals surface area contributed by atoms with Crippen LogP contribution in [-0.2, 0) is 6.42 Å². The minimum absolute atomic E-state index is 0.0264. The predicted octanol–water partition coefficient (Wildman–Crippen LogP) is 4.83. The standard InChI is InChI=1S/C20H19FN2O2S/c21-16-7-2-1-6-14(16)12-15-13-22-19(25-15)17-8-3-4-10-23(17)20(24)18-9-5-11-26-18/h1-2,5-7,9,11,13,17H,3-4,8,10,12H2/t17-/m0/s1. The van der Waals surface area contributed by atoms with E-state index in [9.17, 15) is 9.18 Å². The zero-order chi connectivity index (χ0) is 17.9. The van der Waals surface area contributed by atoms with E-state index in [1.165, 1.54) is 17.4 Å². The van der Waals surface area contributed by atoms with E-state index in [4.69, 9.17) is 4.42 Å². The van der Waals surface area contributed by atoms with E-state index >= 15 is 0 Å². The van der Waals surface area contributed by atoms with Crippen LogP contribution >= 0.6 is 11.3 Å². The molecule has 26 heavy (non-hydrogen) atoms. The molecule has 1 amide bonds. The molecule has 1 fully saturated rings. The van der Waals surface area contributed by atoms with Crippen molar-refractivity contribution < 1.29 is 13.6 Å². The lowest BCUT2D eigenvalue weighted by atomic mass is 10.0.